The molecule has 32 heavy (non-hydrogen) atoms. The Morgan fingerprint density at radius 2 is 1.69 bits per heavy atom. The van der Waals surface area contributed by atoms with Gasteiger partial charge in [0.25, 0.3) is 5.91 Å². The van der Waals surface area contributed by atoms with E-state index in [2.05, 4.69) is 10.0 Å². The molecule has 1 aliphatic heterocycles. The number of hydrogen-bond donors (Lipinski definition) is 2. The van der Waals surface area contributed by atoms with Crippen molar-refractivity contribution in [2.75, 3.05) is 39.3 Å². The van der Waals surface area contributed by atoms with Crippen LogP contribution >= 0.6 is 0 Å². The average molecular weight is 459 g/mol. The molecule has 0 spiro atoms. The quantitative estimate of drug-likeness (QED) is 0.623. The van der Waals surface area contributed by atoms with Crippen LogP contribution in [0.25, 0.3) is 0 Å². The van der Waals surface area contributed by atoms with Crippen molar-refractivity contribution in [3.05, 3.63) is 65.2 Å². The summed E-state index contributed by atoms with van der Waals surface area (Å²) in [5.41, 5.74) is 1.77. The van der Waals surface area contributed by atoms with Crippen LogP contribution < -0.4 is 10.0 Å². The fourth-order valence-corrected chi connectivity index (χ4v) is 4.91. The van der Waals surface area contributed by atoms with Crippen LogP contribution in [0.1, 0.15) is 28.4 Å². The maximum atomic E-state index is 13.0. The van der Waals surface area contributed by atoms with E-state index in [1.54, 1.807) is 24.0 Å². The number of likely N-dealkylation sites (N-methyl/N-ethyl adjacent to an activating group) is 1. The molecule has 0 bridgehead atoms. The van der Waals surface area contributed by atoms with Crippen molar-refractivity contribution in [2.45, 2.75) is 25.3 Å². The smallest absolute Gasteiger partial charge is 0.253 e. The topological polar surface area (TPSA) is 98.8 Å². The lowest BCUT2D eigenvalue weighted by atomic mass is 10.1. The van der Waals surface area contributed by atoms with Gasteiger partial charge < -0.3 is 10.2 Å². The van der Waals surface area contributed by atoms with E-state index in [4.69, 9.17) is 0 Å². The number of piperazine rings is 1. The summed E-state index contributed by atoms with van der Waals surface area (Å²) in [7, 11) is -3.78. The molecule has 172 valence electrons. The van der Waals surface area contributed by atoms with Gasteiger partial charge in [-0.15, -0.1) is 0 Å². The maximum Gasteiger partial charge on any atom is 0.253 e. The van der Waals surface area contributed by atoms with Crippen molar-refractivity contribution < 1.29 is 18.0 Å². The van der Waals surface area contributed by atoms with Crippen LogP contribution in [0.4, 0.5) is 0 Å². The monoisotopic (exact) mass is 458 g/mol. The van der Waals surface area contributed by atoms with Gasteiger partial charge >= 0.3 is 0 Å². The molecule has 8 nitrogen and oxygen atoms in total. The number of nitrogens with one attached hydrogen (secondary N) is 2. The Kier molecular flexibility index (Phi) is 8.00. The number of amides is 2. The summed E-state index contributed by atoms with van der Waals surface area (Å²) < 4.78 is 28.4. The first-order valence-corrected chi connectivity index (χ1v) is 12.2. The van der Waals surface area contributed by atoms with E-state index < -0.39 is 10.0 Å². The van der Waals surface area contributed by atoms with Crippen LogP contribution in [-0.4, -0.2) is 69.3 Å². The van der Waals surface area contributed by atoms with Gasteiger partial charge in [-0.1, -0.05) is 36.4 Å². The second-order valence-corrected chi connectivity index (χ2v) is 9.55. The van der Waals surface area contributed by atoms with E-state index in [9.17, 15) is 18.0 Å². The van der Waals surface area contributed by atoms with E-state index >= 15 is 0 Å². The number of carbonyl (C=O) groups is 2. The number of benzene rings is 2. The van der Waals surface area contributed by atoms with E-state index in [0.717, 1.165) is 5.56 Å². The summed E-state index contributed by atoms with van der Waals surface area (Å²) in [6.45, 7) is 6.84. The van der Waals surface area contributed by atoms with E-state index in [1.165, 1.54) is 6.07 Å². The van der Waals surface area contributed by atoms with Gasteiger partial charge in [-0.3, -0.25) is 14.5 Å². The molecule has 2 aromatic rings. The fraction of sp³-hybridized carbons (Fsp3) is 0.391. The van der Waals surface area contributed by atoms with Crippen molar-refractivity contribution in [2.24, 2.45) is 0 Å². The SMILES string of the molecule is CCNC(=O)CN1CCN(C(=O)c2ccc(C)c(S(=O)(=O)NCc3ccccc3)c2)CC1. The summed E-state index contributed by atoms with van der Waals surface area (Å²) in [4.78, 5) is 28.6. The predicted octanol–water partition coefficient (Wildman–Crippen LogP) is 1.37. The van der Waals surface area contributed by atoms with Crippen molar-refractivity contribution in [3.8, 4) is 0 Å². The summed E-state index contributed by atoms with van der Waals surface area (Å²) >= 11 is 0. The maximum absolute atomic E-state index is 13.0. The summed E-state index contributed by atoms with van der Waals surface area (Å²) in [5, 5.41) is 2.77. The first kappa shape index (κ1) is 23.9. The van der Waals surface area contributed by atoms with Gasteiger partial charge in [0, 0.05) is 44.8 Å². The van der Waals surface area contributed by atoms with Crippen LogP contribution in [0.2, 0.25) is 0 Å². The third-order valence-corrected chi connectivity index (χ3v) is 6.98. The lowest BCUT2D eigenvalue weighted by molar-refractivity contribution is -0.122. The predicted molar refractivity (Wildman–Crippen MR) is 123 cm³/mol. The van der Waals surface area contributed by atoms with Crippen molar-refractivity contribution in [1.29, 1.82) is 0 Å². The van der Waals surface area contributed by atoms with E-state index in [0.29, 0.717) is 50.4 Å². The number of nitrogens with zero attached hydrogens (tertiary/aromatic N) is 2. The van der Waals surface area contributed by atoms with Gasteiger partial charge in [0.2, 0.25) is 15.9 Å². The minimum absolute atomic E-state index is 0.0244. The number of carbonyl (C=O) groups excluding carboxylic acids is 2. The Bertz CT molecular complexity index is 1050. The number of rotatable bonds is 8. The highest BCUT2D eigenvalue weighted by molar-refractivity contribution is 7.89. The molecule has 0 saturated carbocycles. The average Bonchev–Trinajstić information content (AvgIpc) is 2.79. The molecule has 1 saturated heterocycles. The molecule has 9 heteroatoms. The zero-order valence-corrected chi connectivity index (χ0v) is 19.3. The van der Waals surface area contributed by atoms with Gasteiger partial charge in [0.05, 0.1) is 11.4 Å². The molecule has 1 fully saturated rings. The molecule has 0 atom stereocenters. The molecule has 0 radical (unpaired) electrons. The molecular formula is C23H30N4O4S. The van der Waals surface area contributed by atoms with Gasteiger partial charge in [-0.25, -0.2) is 13.1 Å². The summed E-state index contributed by atoms with van der Waals surface area (Å²) in [6.07, 6.45) is 0. The highest BCUT2D eigenvalue weighted by atomic mass is 32.2. The molecule has 1 aliphatic rings. The van der Waals surface area contributed by atoms with Crippen molar-refractivity contribution in [1.82, 2.24) is 19.8 Å². The van der Waals surface area contributed by atoms with Crippen LogP contribution in [0.5, 0.6) is 0 Å². The molecule has 2 N–H and O–H groups in total. The Morgan fingerprint density at radius 3 is 2.34 bits per heavy atom. The standard InChI is InChI=1S/C23H30N4O4S/c1-3-24-22(28)17-26-11-13-27(14-12-26)23(29)20-10-9-18(2)21(15-20)32(30,31)25-16-19-7-5-4-6-8-19/h4-10,15,25H,3,11-14,16-17H2,1-2H3,(H,24,28). The zero-order valence-electron chi connectivity index (χ0n) is 18.5. The van der Waals surface area contributed by atoms with Crippen molar-refractivity contribution >= 4 is 21.8 Å². The molecule has 1 heterocycles. The lowest BCUT2D eigenvalue weighted by Gasteiger charge is -2.34. The highest BCUT2D eigenvalue weighted by Crippen LogP contribution is 2.19. The number of hydrogen-bond acceptors (Lipinski definition) is 5. The molecule has 3 rings (SSSR count). The molecule has 0 aliphatic carbocycles. The Hall–Kier alpha value is -2.75. The number of sulfonamides is 1. The third-order valence-electron chi connectivity index (χ3n) is 5.43. The normalized spacial score (nSPS) is 14.9. The van der Waals surface area contributed by atoms with Crippen LogP contribution in [-0.2, 0) is 21.4 Å². The third kappa shape index (κ3) is 6.15. The summed E-state index contributed by atoms with van der Waals surface area (Å²) in [5.74, 6) is -0.231. The molecule has 0 unspecified atom stereocenters. The van der Waals surface area contributed by atoms with Crippen LogP contribution in [0.3, 0.4) is 0 Å². The molecular weight excluding hydrogens is 428 g/mol. The fourth-order valence-electron chi connectivity index (χ4n) is 3.62. The minimum Gasteiger partial charge on any atom is -0.355 e. The Morgan fingerprint density at radius 1 is 1.00 bits per heavy atom. The summed E-state index contributed by atoms with van der Waals surface area (Å²) in [6, 6.07) is 14.0. The Labute approximate surface area is 189 Å². The zero-order chi connectivity index (χ0) is 23.1. The number of aryl methyl sites for hydroxylation is 1. The minimum atomic E-state index is -3.78. The van der Waals surface area contributed by atoms with E-state index in [-0.39, 0.29) is 23.3 Å². The molecule has 2 amide bonds. The van der Waals surface area contributed by atoms with Gasteiger partial charge in [0.15, 0.2) is 0 Å². The lowest BCUT2D eigenvalue weighted by Crippen LogP contribution is -2.51. The largest absolute Gasteiger partial charge is 0.355 e. The van der Waals surface area contributed by atoms with E-state index in [1.807, 2.05) is 42.2 Å². The first-order valence-electron chi connectivity index (χ1n) is 10.7. The highest BCUT2D eigenvalue weighted by Gasteiger charge is 2.25. The molecule has 0 aromatic heterocycles. The first-order chi connectivity index (χ1) is 15.3. The van der Waals surface area contributed by atoms with Crippen molar-refractivity contribution in [3.63, 3.8) is 0 Å². The van der Waals surface area contributed by atoms with Crippen LogP contribution in [0, 0.1) is 6.92 Å². The van der Waals surface area contributed by atoms with Gasteiger partial charge in [-0.05, 0) is 37.1 Å². The second-order valence-electron chi connectivity index (χ2n) is 7.81. The Balaban J connectivity index is 1.66. The van der Waals surface area contributed by atoms with Gasteiger partial charge in [-0.2, -0.15) is 0 Å². The van der Waals surface area contributed by atoms with Crippen LogP contribution in [0.15, 0.2) is 53.4 Å². The second kappa shape index (κ2) is 10.7. The van der Waals surface area contributed by atoms with Gasteiger partial charge in [0.1, 0.15) is 0 Å². The molecule has 2 aromatic carbocycles.